The first-order valence-electron chi connectivity index (χ1n) is 7.44. The van der Waals surface area contributed by atoms with Crippen molar-refractivity contribution in [3.63, 3.8) is 0 Å². The van der Waals surface area contributed by atoms with E-state index in [1.807, 2.05) is 0 Å². The Labute approximate surface area is 136 Å². The van der Waals surface area contributed by atoms with Crippen LogP contribution in [0, 0.1) is 5.92 Å². The van der Waals surface area contributed by atoms with Gasteiger partial charge in [-0.05, 0) is 6.42 Å². The molecule has 134 valence electrons. The molecule has 2 aliphatic heterocycles. The van der Waals surface area contributed by atoms with Gasteiger partial charge in [0.1, 0.15) is 0 Å². The van der Waals surface area contributed by atoms with Crippen LogP contribution in [0.3, 0.4) is 0 Å². The summed E-state index contributed by atoms with van der Waals surface area (Å²) >= 11 is 0. The zero-order valence-electron chi connectivity index (χ0n) is 12.6. The highest BCUT2D eigenvalue weighted by Crippen LogP contribution is 2.32. The number of hydrogen-bond acceptors (Lipinski definition) is 5. The van der Waals surface area contributed by atoms with E-state index in [4.69, 9.17) is 4.84 Å². The summed E-state index contributed by atoms with van der Waals surface area (Å²) in [4.78, 5) is 21.1. The third-order valence-corrected chi connectivity index (χ3v) is 5.78. The molecule has 0 N–H and O–H groups in total. The Morgan fingerprint density at radius 1 is 1.29 bits per heavy atom. The van der Waals surface area contributed by atoms with Crippen molar-refractivity contribution in [2.75, 3.05) is 24.7 Å². The average Bonchev–Trinajstić information content (AvgIpc) is 2.84. The molecule has 0 radical (unpaired) electrons. The Kier molecular flexibility index (Phi) is 4.32. The minimum absolute atomic E-state index is 0.0344. The van der Waals surface area contributed by atoms with Gasteiger partial charge in [-0.15, -0.1) is 0 Å². The third kappa shape index (κ3) is 3.41. The van der Waals surface area contributed by atoms with Gasteiger partial charge >= 0.3 is 6.18 Å². The van der Waals surface area contributed by atoms with Crippen molar-refractivity contribution in [1.82, 2.24) is 14.6 Å². The minimum Gasteiger partial charge on any atom is -0.324 e. The zero-order chi connectivity index (χ0) is 17.5. The Hall–Kier alpha value is -1.62. The maximum absolute atomic E-state index is 12.8. The number of amides is 1. The monoisotopic (exact) mass is 367 g/mol. The average molecular weight is 367 g/mol. The number of nitrogens with zero attached hydrogens (tertiary/aromatic N) is 3. The van der Waals surface area contributed by atoms with Gasteiger partial charge in [-0.3, -0.25) is 9.63 Å². The molecule has 0 bridgehead atoms. The van der Waals surface area contributed by atoms with Crippen LogP contribution in [0.15, 0.2) is 6.20 Å². The molecule has 0 spiro atoms. The number of carbonyl (C=O) groups excluding carboxylic acids is 1. The molecule has 0 aliphatic carbocycles. The minimum atomic E-state index is -4.53. The largest absolute Gasteiger partial charge is 0.449 e. The molecular weight excluding hydrogens is 351 g/mol. The van der Waals surface area contributed by atoms with E-state index in [0.717, 1.165) is 15.8 Å². The van der Waals surface area contributed by atoms with Crippen LogP contribution in [0.1, 0.15) is 17.9 Å². The van der Waals surface area contributed by atoms with Crippen molar-refractivity contribution in [1.29, 1.82) is 0 Å². The van der Waals surface area contributed by atoms with E-state index in [9.17, 15) is 26.4 Å². The molecule has 3 rings (SSSR count). The van der Waals surface area contributed by atoms with Gasteiger partial charge < -0.3 is 4.57 Å². The fourth-order valence-electron chi connectivity index (χ4n) is 2.94. The summed E-state index contributed by atoms with van der Waals surface area (Å²) in [6.45, 7) is -0.131. The van der Waals surface area contributed by atoms with Gasteiger partial charge in [0.15, 0.2) is 9.84 Å². The molecule has 1 saturated heterocycles. The predicted octanol–water partition coefficient (Wildman–Crippen LogP) is 0.653. The molecule has 1 unspecified atom stereocenters. The summed E-state index contributed by atoms with van der Waals surface area (Å²) in [5.41, 5.74) is 0.342. The summed E-state index contributed by atoms with van der Waals surface area (Å²) in [6, 6.07) is 0. The van der Waals surface area contributed by atoms with Crippen molar-refractivity contribution in [3.05, 3.63) is 17.7 Å². The second-order valence-corrected chi connectivity index (χ2v) is 8.14. The van der Waals surface area contributed by atoms with Crippen molar-refractivity contribution >= 4 is 15.7 Å². The smallest absolute Gasteiger partial charge is 0.324 e. The molecule has 7 nitrogen and oxygen atoms in total. The highest BCUT2D eigenvalue weighted by Gasteiger charge is 2.40. The fourth-order valence-corrected chi connectivity index (χ4v) is 3.92. The molecule has 1 fully saturated rings. The van der Waals surface area contributed by atoms with Crippen molar-refractivity contribution < 1.29 is 31.2 Å². The summed E-state index contributed by atoms with van der Waals surface area (Å²) in [6.07, 6.45) is -3.06. The molecule has 1 aromatic heterocycles. The molecule has 1 atom stereocenters. The second kappa shape index (κ2) is 6.03. The lowest BCUT2D eigenvalue weighted by molar-refractivity contribution is -0.187. The quantitative estimate of drug-likeness (QED) is 0.728. The van der Waals surface area contributed by atoms with E-state index >= 15 is 0 Å². The van der Waals surface area contributed by atoms with Crippen molar-refractivity contribution in [3.8, 4) is 0 Å². The summed E-state index contributed by atoms with van der Waals surface area (Å²) in [5.74, 6) is -2.23. The SMILES string of the molecule is O=C(C1CCn2c(cnc2C(F)(F)F)C1)N1CCS(=O)(=O)CCO1. The maximum Gasteiger partial charge on any atom is 0.449 e. The standard InChI is InChI=1S/C13H16F3N3O4S/c14-13(15,16)12-17-8-10-7-9(1-2-18(10)12)11(20)19-3-5-24(21,22)6-4-23-19/h8-9H,1-7H2. The Bertz CT molecular complexity index is 744. The first-order chi connectivity index (χ1) is 11.2. The van der Waals surface area contributed by atoms with Gasteiger partial charge in [0, 0.05) is 30.8 Å². The molecule has 1 amide bonds. The van der Waals surface area contributed by atoms with Crippen LogP contribution in [0.5, 0.6) is 0 Å². The molecular formula is C13H16F3N3O4S. The molecule has 11 heteroatoms. The third-order valence-electron chi connectivity index (χ3n) is 4.19. The number of aromatic nitrogens is 2. The maximum atomic E-state index is 12.8. The number of alkyl halides is 3. The number of sulfone groups is 1. The number of fused-ring (bicyclic) bond motifs is 1. The molecule has 2 aliphatic rings. The fraction of sp³-hybridized carbons (Fsp3) is 0.692. The van der Waals surface area contributed by atoms with Crippen LogP contribution in [0.25, 0.3) is 0 Å². The van der Waals surface area contributed by atoms with Gasteiger partial charge in [0.25, 0.3) is 0 Å². The first kappa shape index (κ1) is 17.2. The van der Waals surface area contributed by atoms with E-state index < -0.39 is 33.7 Å². The van der Waals surface area contributed by atoms with Gasteiger partial charge in [-0.2, -0.15) is 13.2 Å². The van der Waals surface area contributed by atoms with Crippen LogP contribution in [-0.4, -0.2) is 53.6 Å². The van der Waals surface area contributed by atoms with E-state index in [1.54, 1.807) is 0 Å². The van der Waals surface area contributed by atoms with Crippen molar-refractivity contribution in [2.45, 2.75) is 25.6 Å². The summed E-state index contributed by atoms with van der Waals surface area (Å²) < 4.78 is 62.7. The molecule has 3 heterocycles. The highest BCUT2D eigenvalue weighted by atomic mass is 32.2. The number of carbonyl (C=O) groups is 1. The molecule has 24 heavy (non-hydrogen) atoms. The van der Waals surface area contributed by atoms with Crippen molar-refractivity contribution in [2.24, 2.45) is 5.92 Å². The second-order valence-electron chi connectivity index (χ2n) is 5.84. The van der Waals surface area contributed by atoms with Gasteiger partial charge in [-0.25, -0.2) is 18.5 Å². The first-order valence-corrected chi connectivity index (χ1v) is 9.26. The van der Waals surface area contributed by atoms with Crippen LogP contribution >= 0.6 is 0 Å². The normalized spacial score (nSPS) is 24.3. The van der Waals surface area contributed by atoms with E-state index in [-0.39, 0.29) is 44.0 Å². The number of imidazole rings is 1. The number of hydrogen-bond donors (Lipinski definition) is 0. The van der Waals surface area contributed by atoms with E-state index in [0.29, 0.717) is 5.69 Å². The van der Waals surface area contributed by atoms with Crippen LogP contribution in [0.4, 0.5) is 13.2 Å². The molecule has 0 aromatic carbocycles. The Morgan fingerprint density at radius 3 is 2.75 bits per heavy atom. The highest BCUT2D eigenvalue weighted by molar-refractivity contribution is 7.91. The summed E-state index contributed by atoms with van der Waals surface area (Å²) in [7, 11) is -3.24. The van der Waals surface area contributed by atoms with Gasteiger partial charge in [0.2, 0.25) is 11.7 Å². The van der Waals surface area contributed by atoms with Crippen LogP contribution in [-0.2, 0) is 38.6 Å². The predicted molar refractivity (Wildman–Crippen MR) is 75.4 cm³/mol. The topological polar surface area (TPSA) is 81.5 Å². The molecule has 0 saturated carbocycles. The van der Waals surface area contributed by atoms with Crippen LogP contribution < -0.4 is 0 Å². The molecule has 1 aromatic rings. The Morgan fingerprint density at radius 2 is 2.04 bits per heavy atom. The van der Waals surface area contributed by atoms with Gasteiger partial charge in [0.05, 0.1) is 24.7 Å². The lowest BCUT2D eigenvalue weighted by Gasteiger charge is -2.28. The number of rotatable bonds is 1. The zero-order valence-corrected chi connectivity index (χ0v) is 13.4. The van der Waals surface area contributed by atoms with E-state index in [1.165, 1.54) is 0 Å². The summed E-state index contributed by atoms with van der Waals surface area (Å²) in [5, 5.41) is 1.03. The lowest BCUT2D eigenvalue weighted by Crippen LogP contribution is -2.40. The lowest BCUT2D eigenvalue weighted by atomic mass is 9.95. The number of hydroxylamine groups is 2. The Balaban J connectivity index is 1.71. The van der Waals surface area contributed by atoms with Gasteiger partial charge in [-0.1, -0.05) is 0 Å². The van der Waals surface area contributed by atoms with E-state index in [2.05, 4.69) is 4.98 Å². The number of halogens is 3. The van der Waals surface area contributed by atoms with Crippen LogP contribution in [0.2, 0.25) is 0 Å².